The topological polar surface area (TPSA) is 70.4 Å². The van der Waals surface area contributed by atoms with Crippen molar-refractivity contribution < 1.29 is 19.1 Å². The number of aromatic nitrogens is 2. The summed E-state index contributed by atoms with van der Waals surface area (Å²) in [6.45, 7) is 1.96. The van der Waals surface area contributed by atoms with Crippen molar-refractivity contribution in [3.8, 4) is 5.69 Å². The van der Waals surface area contributed by atoms with Gasteiger partial charge < -0.3 is 9.47 Å². The Morgan fingerprint density at radius 1 is 0.923 bits per heavy atom. The number of hydrogen-bond acceptors (Lipinski definition) is 5. The van der Waals surface area contributed by atoms with E-state index in [1.807, 2.05) is 36.4 Å². The van der Waals surface area contributed by atoms with Crippen LogP contribution in [0.15, 0.2) is 66.7 Å². The number of nitrogens with zero attached hydrogens (tertiary/aromatic N) is 2. The quantitative estimate of drug-likeness (QED) is 0.637. The second-order valence-electron chi connectivity index (χ2n) is 5.43. The summed E-state index contributed by atoms with van der Waals surface area (Å²) in [5, 5.41) is 4.39. The van der Waals surface area contributed by atoms with Crippen LogP contribution in [-0.2, 0) is 16.1 Å². The van der Waals surface area contributed by atoms with E-state index >= 15 is 0 Å². The van der Waals surface area contributed by atoms with Crippen molar-refractivity contribution in [2.45, 2.75) is 13.5 Å². The highest BCUT2D eigenvalue weighted by Gasteiger charge is 2.18. The Morgan fingerprint density at radius 2 is 1.58 bits per heavy atom. The van der Waals surface area contributed by atoms with Crippen molar-refractivity contribution in [3.63, 3.8) is 0 Å². The van der Waals surface area contributed by atoms with Gasteiger partial charge in [0.05, 0.1) is 17.9 Å². The average molecular weight is 350 g/mol. The van der Waals surface area contributed by atoms with Crippen LogP contribution in [0.3, 0.4) is 0 Å². The number of benzene rings is 2. The van der Waals surface area contributed by atoms with Gasteiger partial charge >= 0.3 is 11.9 Å². The third kappa shape index (κ3) is 3.97. The van der Waals surface area contributed by atoms with Gasteiger partial charge in [-0.3, -0.25) is 0 Å². The van der Waals surface area contributed by atoms with Crippen LogP contribution in [0.5, 0.6) is 0 Å². The minimum atomic E-state index is -0.482. The third-order valence-corrected chi connectivity index (χ3v) is 3.61. The molecule has 0 N–H and O–H groups in total. The van der Waals surface area contributed by atoms with Crippen LogP contribution in [0.4, 0.5) is 0 Å². The lowest BCUT2D eigenvalue weighted by molar-refractivity contribution is 0.0466. The highest BCUT2D eigenvalue weighted by atomic mass is 16.5. The summed E-state index contributed by atoms with van der Waals surface area (Å²) in [5.41, 5.74) is 1.92. The van der Waals surface area contributed by atoms with Gasteiger partial charge in [-0.1, -0.05) is 36.4 Å². The van der Waals surface area contributed by atoms with Gasteiger partial charge in [0, 0.05) is 0 Å². The second kappa shape index (κ2) is 8.11. The van der Waals surface area contributed by atoms with Crippen LogP contribution in [0, 0.1) is 0 Å². The molecule has 0 bridgehead atoms. The fourth-order valence-electron chi connectivity index (χ4n) is 2.41. The van der Waals surface area contributed by atoms with Crippen LogP contribution in [-0.4, -0.2) is 28.3 Å². The molecule has 0 aliphatic heterocycles. The molecule has 0 aliphatic rings. The monoisotopic (exact) mass is 350 g/mol. The van der Waals surface area contributed by atoms with Crippen molar-refractivity contribution in [1.82, 2.24) is 9.78 Å². The summed E-state index contributed by atoms with van der Waals surface area (Å²) in [7, 11) is 0. The van der Waals surface area contributed by atoms with Crippen LogP contribution >= 0.6 is 0 Å². The zero-order valence-electron chi connectivity index (χ0n) is 14.3. The molecule has 0 saturated carbocycles. The molecule has 1 heterocycles. The molecule has 0 saturated heterocycles. The largest absolute Gasteiger partial charge is 0.461 e. The Hall–Kier alpha value is -3.41. The SMILES string of the molecule is CCOC(=O)c1cc(COC(=O)c2ccccc2)nn1-c1ccccc1. The van der Waals surface area contributed by atoms with Gasteiger partial charge in [-0.2, -0.15) is 5.10 Å². The maximum absolute atomic E-state index is 12.2. The maximum atomic E-state index is 12.2. The van der Waals surface area contributed by atoms with Crippen LogP contribution in [0.2, 0.25) is 0 Å². The minimum Gasteiger partial charge on any atom is -0.461 e. The molecule has 132 valence electrons. The number of rotatable bonds is 6. The van der Waals surface area contributed by atoms with E-state index in [0.717, 1.165) is 5.69 Å². The summed E-state index contributed by atoms with van der Waals surface area (Å²) < 4.78 is 11.9. The Labute approximate surface area is 151 Å². The van der Waals surface area contributed by atoms with E-state index < -0.39 is 11.9 Å². The van der Waals surface area contributed by atoms with E-state index in [-0.39, 0.29) is 18.9 Å². The molecule has 3 rings (SSSR count). The van der Waals surface area contributed by atoms with Gasteiger partial charge in [0.1, 0.15) is 12.3 Å². The van der Waals surface area contributed by atoms with Crippen molar-refractivity contribution in [2.75, 3.05) is 6.61 Å². The van der Waals surface area contributed by atoms with E-state index in [1.165, 1.54) is 4.68 Å². The smallest absolute Gasteiger partial charge is 0.357 e. The molecule has 1 aromatic heterocycles. The highest BCUT2D eigenvalue weighted by molar-refractivity contribution is 5.89. The van der Waals surface area contributed by atoms with Gasteiger partial charge in [0.2, 0.25) is 0 Å². The molecule has 2 aromatic carbocycles. The molecule has 0 aliphatic carbocycles. The number of carbonyl (C=O) groups is 2. The second-order valence-corrected chi connectivity index (χ2v) is 5.43. The molecular formula is C20H18N2O4. The molecule has 3 aromatic rings. The first-order valence-electron chi connectivity index (χ1n) is 8.22. The Balaban J connectivity index is 1.82. The average Bonchev–Trinajstić information content (AvgIpc) is 3.12. The fraction of sp³-hybridized carbons (Fsp3) is 0.150. The lowest BCUT2D eigenvalue weighted by Crippen LogP contribution is -2.11. The highest BCUT2D eigenvalue weighted by Crippen LogP contribution is 2.15. The first-order chi connectivity index (χ1) is 12.7. The first kappa shape index (κ1) is 17.4. The predicted molar refractivity (Wildman–Crippen MR) is 95.1 cm³/mol. The third-order valence-electron chi connectivity index (χ3n) is 3.61. The van der Waals surface area contributed by atoms with Gasteiger partial charge in [-0.15, -0.1) is 0 Å². The molecular weight excluding hydrogens is 332 g/mol. The van der Waals surface area contributed by atoms with E-state index in [0.29, 0.717) is 11.3 Å². The standard InChI is InChI=1S/C20H18N2O4/c1-2-25-20(24)18-13-16(21-22(18)17-11-7-4-8-12-17)14-26-19(23)15-9-5-3-6-10-15/h3-13H,2,14H2,1H3. The molecule has 0 amide bonds. The Kier molecular flexibility index (Phi) is 5.43. The number of para-hydroxylation sites is 1. The zero-order chi connectivity index (χ0) is 18.4. The summed E-state index contributed by atoms with van der Waals surface area (Å²) in [4.78, 5) is 24.3. The molecule has 6 nitrogen and oxygen atoms in total. The van der Waals surface area contributed by atoms with Gasteiger partial charge in [0.25, 0.3) is 0 Å². The van der Waals surface area contributed by atoms with Crippen LogP contribution in [0.25, 0.3) is 5.69 Å². The maximum Gasteiger partial charge on any atom is 0.357 e. The lowest BCUT2D eigenvalue weighted by atomic mass is 10.2. The van der Waals surface area contributed by atoms with E-state index in [4.69, 9.17) is 9.47 Å². The zero-order valence-corrected chi connectivity index (χ0v) is 14.3. The van der Waals surface area contributed by atoms with Crippen molar-refractivity contribution in [3.05, 3.63) is 83.7 Å². The van der Waals surface area contributed by atoms with Crippen molar-refractivity contribution >= 4 is 11.9 Å². The molecule has 0 fully saturated rings. The summed E-state index contributed by atoms with van der Waals surface area (Å²) in [6, 6.07) is 19.5. The van der Waals surface area contributed by atoms with Gasteiger partial charge in [0.15, 0.2) is 5.69 Å². The van der Waals surface area contributed by atoms with Crippen molar-refractivity contribution in [2.24, 2.45) is 0 Å². The molecule has 26 heavy (non-hydrogen) atoms. The summed E-state index contributed by atoms with van der Waals surface area (Å²) >= 11 is 0. The normalized spacial score (nSPS) is 10.3. The van der Waals surface area contributed by atoms with E-state index in [9.17, 15) is 9.59 Å². The molecule has 0 atom stereocenters. The molecule has 0 spiro atoms. The number of ether oxygens (including phenoxy) is 2. The van der Waals surface area contributed by atoms with Crippen LogP contribution in [0.1, 0.15) is 33.5 Å². The predicted octanol–water partition coefficient (Wildman–Crippen LogP) is 3.41. The number of esters is 2. The fourth-order valence-corrected chi connectivity index (χ4v) is 2.41. The van der Waals surface area contributed by atoms with E-state index in [2.05, 4.69) is 5.10 Å². The lowest BCUT2D eigenvalue weighted by Gasteiger charge is -2.06. The van der Waals surface area contributed by atoms with Gasteiger partial charge in [-0.05, 0) is 37.3 Å². The van der Waals surface area contributed by atoms with E-state index in [1.54, 1.807) is 37.3 Å². The Bertz CT molecular complexity index is 889. The Morgan fingerprint density at radius 3 is 2.23 bits per heavy atom. The minimum absolute atomic E-state index is 0.0417. The van der Waals surface area contributed by atoms with Crippen molar-refractivity contribution in [1.29, 1.82) is 0 Å². The first-order valence-corrected chi connectivity index (χ1v) is 8.22. The number of carbonyl (C=O) groups excluding carboxylic acids is 2. The van der Waals surface area contributed by atoms with Crippen LogP contribution < -0.4 is 0 Å². The molecule has 0 radical (unpaired) electrons. The number of hydrogen-bond donors (Lipinski definition) is 0. The summed E-state index contributed by atoms with van der Waals surface area (Å²) in [6.07, 6.45) is 0. The molecule has 0 unspecified atom stereocenters. The van der Waals surface area contributed by atoms with Gasteiger partial charge in [-0.25, -0.2) is 14.3 Å². The molecule has 6 heteroatoms. The summed E-state index contributed by atoms with van der Waals surface area (Å²) in [5.74, 6) is -0.929.